The van der Waals surface area contributed by atoms with Crippen LogP contribution in [0.25, 0.3) is 0 Å². The third kappa shape index (κ3) is 2.92. The predicted octanol–water partition coefficient (Wildman–Crippen LogP) is 2.42. The number of nitrogens with two attached hydrogens (primary N) is 1. The van der Waals surface area contributed by atoms with E-state index in [1.165, 1.54) is 0 Å². The summed E-state index contributed by atoms with van der Waals surface area (Å²) in [5.41, 5.74) is 3.55. The number of hydrogen-bond donors (Lipinski definition) is 2. The summed E-state index contributed by atoms with van der Waals surface area (Å²) < 4.78 is 5.69. The Morgan fingerprint density at radius 2 is 2.24 bits per heavy atom. The maximum atomic E-state index is 6.50. The van der Waals surface area contributed by atoms with Crippen LogP contribution in [0, 0.1) is 0 Å². The molecule has 3 N–H and O–H groups in total. The third-order valence-corrected chi connectivity index (χ3v) is 3.87. The molecule has 2 rings (SSSR count). The monoisotopic (exact) mass is 274 g/mol. The van der Waals surface area contributed by atoms with Crippen molar-refractivity contribution < 1.29 is 4.74 Å². The molecule has 2 atom stereocenters. The van der Waals surface area contributed by atoms with Crippen LogP contribution in [-0.4, -0.2) is 19.3 Å². The number of nitrogens with one attached hydrogen (secondary N) is 1. The van der Waals surface area contributed by atoms with E-state index >= 15 is 0 Å². The molecule has 2 unspecified atom stereocenters. The topological polar surface area (TPSA) is 47.3 Å². The van der Waals surface area contributed by atoms with Crippen molar-refractivity contribution in [1.82, 2.24) is 5.43 Å². The molecule has 0 radical (unpaired) electrons. The summed E-state index contributed by atoms with van der Waals surface area (Å²) in [6, 6.07) is 7.66. The molecule has 0 saturated heterocycles. The van der Waals surface area contributed by atoms with E-state index in [2.05, 4.69) is 5.43 Å². The normalized spacial score (nSPS) is 27.1. The van der Waals surface area contributed by atoms with Gasteiger partial charge in [-0.05, 0) is 18.1 Å². The molecular formula is C12H16Cl2N2O. The minimum Gasteiger partial charge on any atom is -0.376 e. The number of alkyl halides is 1. The highest BCUT2D eigenvalue weighted by molar-refractivity contribution is 6.34. The zero-order chi connectivity index (χ0) is 12.3. The molecule has 0 bridgehead atoms. The van der Waals surface area contributed by atoms with Crippen molar-refractivity contribution in [2.75, 3.05) is 13.2 Å². The lowest BCUT2D eigenvalue weighted by atomic mass is 10.1. The lowest BCUT2D eigenvalue weighted by Gasteiger charge is -2.11. The molecule has 0 aliphatic heterocycles. The second-order valence-corrected chi connectivity index (χ2v) is 5.30. The second-order valence-electron chi connectivity index (χ2n) is 4.21. The Kier molecular flexibility index (Phi) is 4.28. The Morgan fingerprint density at radius 1 is 1.47 bits per heavy atom. The summed E-state index contributed by atoms with van der Waals surface area (Å²) >= 11 is 12.6. The highest BCUT2D eigenvalue weighted by Gasteiger charge is 2.56. The molecule has 1 saturated carbocycles. The number of benzene rings is 1. The Bertz CT molecular complexity index is 389. The van der Waals surface area contributed by atoms with Crippen molar-refractivity contribution in [2.45, 2.75) is 23.8 Å². The van der Waals surface area contributed by atoms with Crippen LogP contribution < -0.4 is 11.3 Å². The number of hydrogen-bond acceptors (Lipinski definition) is 3. The molecule has 1 aliphatic carbocycles. The van der Waals surface area contributed by atoms with Gasteiger partial charge >= 0.3 is 0 Å². The van der Waals surface area contributed by atoms with E-state index in [-0.39, 0.29) is 6.10 Å². The van der Waals surface area contributed by atoms with Gasteiger partial charge in [0.1, 0.15) is 0 Å². The Balaban J connectivity index is 1.89. The van der Waals surface area contributed by atoms with Crippen molar-refractivity contribution in [1.29, 1.82) is 0 Å². The summed E-state index contributed by atoms with van der Waals surface area (Å²) in [7, 11) is 0. The molecule has 0 amide bonds. The number of ether oxygens (including phenoxy) is 1. The smallest absolute Gasteiger partial charge is 0.0996 e. The summed E-state index contributed by atoms with van der Waals surface area (Å²) in [5, 5.41) is 0.706. The van der Waals surface area contributed by atoms with Crippen molar-refractivity contribution in [2.24, 2.45) is 5.84 Å². The fraction of sp³-hybridized carbons (Fsp3) is 0.500. The first-order chi connectivity index (χ1) is 8.18. The van der Waals surface area contributed by atoms with Crippen LogP contribution in [0.1, 0.15) is 18.4 Å². The van der Waals surface area contributed by atoms with E-state index < -0.39 is 4.87 Å². The summed E-state index contributed by atoms with van der Waals surface area (Å²) in [6.45, 7) is 1.40. The van der Waals surface area contributed by atoms with Crippen LogP contribution in [0.4, 0.5) is 0 Å². The molecule has 1 aliphatic rings. The standard InChI is InChI=1S/C12H16Cl2N2O/c13-10-5-2-1-4-9(10)12(14)8-11(12)17-7-3-6-16-15/h1-2,4-5,11,16H,3,6-8,15H2. The van der Waals surface area contributed by atoms with E-state index in [0.717, 1.165) is 24.9 Å². The van der Waals surface area contributed by atoms with Crippen molar-refractivity contribution in [3.05, 3.63) is 34.9 Å². The minimum atomic E-state index is -0.436. The molecule has 0 aromatic heterocycles. The fourth-order valence-corrected chi connectivity index (χ4v) is 2.60. The van der Waals surface area contributed by atoms with Crippen LogP contribution in [0.15, 0.2) is 24.3 Å². The number of hydrazine groups is 1. The average molecular weight is 275 g/mol. The van der Waals surface area contributed by atoms with Gasteiger partial charge in [0.25, 0.3) is 0 Å². The van der Waals surface area contributed by atoms with Crippen molar-refractivity contribution in [3.8, 4) is 0 Å². The van der Waals surface area contributed by atoms with E-state index in [1.54, 1.807) is 0 Å². The second kappa shape index (κ2) is 5.55. The first kappa shape index (κ1) is 13.1. The van der Waals surface area contributed by atoms with Crippen LogP contribution in [0.2, 0.25) is 5.02 Å². The Morgan fingerprint density at radius 3 is 2.94 bits per heavy atom. The SMILES string of the molecule is NNCCCOC1CC1(Cl)c1ccccc1Cl. The zero-order valence-corrected chi connectivity index (χ0v) is 11.0. The van der Waals surface area contributed by atoms with Crippen LogP contribution in [0.3, 0.4) is 0 Å². The maximum Gasteiger partial charge on any atom is 0.0996 e. The van der Waals surface area contributed by atoms with E-state index in [4.69, 9.17) is 33.8 Å². The predicted molar refractivity (Wildman–Crippen MR) is 70.1 cm³/mol. The quantitative estimate of drug-likeness (QED) is 0.363. The summed E-state index contributed by atoms with van der Waals surface area (Å²) in [4.78, 5) is -0.436. The van der Waals surface area contributed by atoms with Gasteiger partial charge in [0.15, 0.2) is 0 Å². The van der Waals surface area contributed by atoms with Crippen LogP contribution in [-0.2, 0) is 9.61 Å². The molecule has 1 fully saturated rings. The van der Waals surface area contributed by atoms with Gasteiger partial charge in [0.05, 0.1) is 11.0 Å². The minimum absolute atomic E-state index is 0.0573. The van der Waals surface area contributed by atoms with Crippen molar-refractivity contribution >= 4 is 23.2 Å². The lowest BCUT2D eigenvalue weighted by Crippen LogP contribution is -2.24. The Labute approximate surface area is 111 Å². The van der Waals surface area contributed by atoms with Gasteiger partial charge in [-0.1, -0.05) is 29.8 Å². The molecular weight excluding hydrogens is 259 g/mol. The molecule has 1 aromatic carbocycles. The molecule has 0 heterocycles. The maximum absolute atomic E-state index is 6.50. The van der Waals surface area contributed by atoms with Gasteiger partial charge in [-0.2, -0.15) is 0 Å². The number of rotatable bonds is 6. The molecule has 0 spiro atoms. The van der Waals surface area contributed by atoms with Crippen LogP contribution in [0.5, 0.6) is 0 Å². The van der Waals surface area contributed by atoms with Gasteiger partial charge in [0.2, 0.25) is 0 Å². The van der Waals surface area contributed by atoms with Gasteiger partial charge in [0, 0.05) is 24.6 Å². The van der Waals surface area contributed by atoms with E-state index in [0.29, 0.717) is 11.6 Å². The molecule has 3 nitrogen and oxygen atoms in total. The summed E-state index contributed by atoms with van der Waals surface area (Å²) in [6.07, 6.45) is 1.75. The van der Waals surface area contributed by atoms with Gasteiger partial charge in [-0.15, -0.1) is 11.6 Å². The van der Waals surface area contributed by atoms with Gasteiger partial charge in [-0.25, -0.2) is 0 Å². The average Bonchev–Trinajstić information content (AvgIpc) is 2.98. The largest absolute Gasteiger partial charge is 0.376 e. The van der Waals surface area contributed by atoms with Crippen LogP contribution >= 0.6 is 23.2 Å². The summed E-state index contributed by atoms with van der Waals surface area (Å²) in [5.74, 6) is 5.18. The third-order valence-electron chi connectivity index (χ3n) is 2.94. The Hall–Kier alpha value is -0.320. The van der Waals surface area contributed by atoms with Gasteiger partial charge in [-0.3, -0.25) is 11.3 Å². The van der Waals surface area contributed by atoms with E-state index in [9.17, 15) is 0 Å². The zero-order valence-electron chi connectivity index (χ0n) is 9.46. The highest BCUT2D eigenvalue weighted by Crippen LogP contribution is 2.55. The molecule has 5 heteroatoms. The first-order valence-electron chi connectivity index (χ1n) is 5.67. The molecule has 17 heavy (non-hydrogen) atoms. The number of halogens is 2. The highest BCUT2D eigenvalue weighted by atomic mass is 35.5. The molecule has 1 aromatic rings. The fourth-order valence-electron chi connectivity index (χ4n) is 1.88. The van der Waals surface area contributed by atoms with Crippen molar-refractivity contribution in [3.63, 3.8) is 0 Å². The first-order valence-corrected chi connectivity index (χ1v) is 6.43. The van der Waals surface area contributed by atoms with E-state index in [1.807, 2.05) is 24.3 Å². The lowest BCUT2D eigenvalue weighted by molar-refractivity contribution is 0.109. The molecule has 94 valence electrons. The van der Waals surface area contributed by atoms with Gasteiger partial charge < -0.3 is 4.74 Å².